The van der Waals surface area contributed by atoms with Crippen molar-refractivity contribution in [1.29, 1.82) is 0 Å². The van der Waals surface area contributed by atoms with E-state index >= 15 is 0 Å². The van der Waals surface area contributed by atoms with E-state index < -0.39 is 6.04 Å². The third-order valence-electron chi connectivity index (χ3n) is 5.71. The molecule has 1 aliphatic rings. The molecule has 3 N–H and O–H groups in total. The predicted molar refractivity (Wildman–Crippen MR) is 121 cm³/mol. The first-order valence-corrected chi connectivity index (χ1v) is 10.8. The Balaban J connectivity index is 1.46. The number of hydrogen-bond acceptors (Lipinski definition) is 4. The van der Waals surface area contributed by atoms with Crippen LogP contribution in [-0.2, 0) is 22.6 Å². The number of carbonyl (C=O) groups is 2. The Bertz CT molecular complexity index is 1080. The number of likely N-dealkylation sites (N-methyl/N-ethyl adjacent to an activating group) is 1. The summed E-state index contributed by atoms with van der Waals surface area (Å²) in [6, 6.07) is 10.4. The van der Waals surface area contributed by atoms with Gasteiger partial charge in [-0.25, -0.2) is 4.98 Å². The van der Waals surface area contributed by atoms with E-state index in [0.29, 0.717) is 18.0 Å². The lowest BCUT2D eigenvalue weighted by Crippen LogP contribution is -2.52. The molecule has 0 radical (unpaired) electrons. The fourth-order valence-corrected chi connectivity index (χ4v) is 4.23. The molecular formula is C23H26ClN5O2. The van der Waals surface area contributed by atoms with Gasteiger partial charge in [-0.2, -0.15) is 0 Å². The van der Waals surface area contributed by atoms with Crippen LogP contribution in [0.5, 0.6) is 0 Å². The molecule has 31 heavy (non-hydrogen) atoms. The third-order valence-corrected chi connectivity index (χ3v) is 5.94. The van der Waals surface area contributed by atoms with Gasteiger partial charge in [0.1, 0.15) is 11.7 Å². The minimum Gasteiger partial charge on any atom is -0.350 e. The topological polar surface area (TPSA) is 90.1 Å². The number of aromatic nitrogens is 2. The van der Waals surface area contributed by atoms with Gasteiger partial charge in [0.15, 0.2) is 0 Å². The Morgan fingerprint density at radius 1 is 1.29 bits per heavy atom. The van der Waals surface area contributed by atoms with E-state index in [9.17, 15) is 9.59 Å². The van der Waals surface area contributed by atoms with E-state index in [2.05, 4.69) is 20.6 Å². The maximum absolute atomic E-state index is 13.1. The van der Waals surface area contributed by atoms with Crippen molar-refractivity contribution in [2.24, 2.45) is 0 Å². The Morgan fingerprint density at radius 3 is 2.94 bits per heavy atom. The highest BCUT2D eigenvalue weighted by atomic mass is 35.5. The van der Waals surface area contributed by atoms with Gasteiger partial charge in [-0.1, -0.05) is 23.7 Å². The Hall–Kier alpha value is -2.90. The summed E-state index contributed by atoms with van der Waals surface area (Å²) in [6.45, 7) is 1.22. The van der Waals surface area contributed by atoms with Crippen molar-refractivity contribution in [3.05, 3.63) is 64.9 Å². The van der Waals surface area contributed by atoms with E-state index in [4.69, 9.17) is 11.6 Å². The number of halogens is 1. The number of aromatic amines is 1. The van der Waals surface area contributed by atoms with Crippen LogP contribution >= 0.6 is 11.6 Å². The molecular weight excluding hydrogens is 414 g/mol. The molecule has 0 bridgehead atoms. The molecule has 1 unspecified atom stereocenters. The van der Waals surface area contributed by atoms with Crippen molar-refractivity contribution in [3.63, 3.8) is 0 Å². The molecule has 1 fully saturated rings. The smallest absolute Gasteiger partial charge is 0.243 e. The van der Waals surface area contributed by atoms with Crippen LogP contribution in [0.1, 0.15) is 24.0 Å². The lowest BCUT2D eigenvalue weighted by atomic mass is 10.0. The standard InChI is InChI=1S/C23H26ClN5O2/c1-29-9-3-6-20(29)23(31)28-19(12-15-4-2-5-18(24)11-15)22(30)27-14-16-10-17-7-8-25-21(17)26-13-16/h2,4-5,7-8,10-11,13,19-20H,3,6,9,12,14H2,1H3,(H,25,26)(H,27,30)(H,28,31)/t19-,20?/m0/s1. The normalized spacial score (nSPS) is 17.5. The molecule has 0 spiro atoms. The van der Waals surface area contributed by atoms with Crippen molar-refractivity contribution < 1.29 is 9.59 Å². The van der Waals surface area contributed by atoms with Gasteiger partial charge in [0, 0.05) is 35.8 Å². The van der Waals surface area contributed by atoms with Crippen LogP contribution in [0, 0.1) is 0 Å². The molecule has 1 saturated heterocycles. The molecule has 1 aromatic carbocycles. The minimum atomic E-state index is -0.691. The fraction of sp³-hybridized carbons (Fsp3) is 0.348. The van der Waals surface area contributed by atoms with E-state index in [1.165, 1.54) is 0 Å². The predicted octanol–water partition coefficient (Wildman–Crippen LogP) is 2.65. The van der Waals surface area contributed by atoms with Crippen LogP contribution in [0.4, 0.5) is 0 Å². The highest BCUT2D eigenvalue weighted by Gasteiger charge is 2.31. The van der Waals surface area contributed by atoms with Crippen molar-refractivity contribution in [1.82, 2.24) is 25.5 Å². The number of nitrogens with one attached hydrogen (secondary N) is 3. The monoisotopic (exact) mass is 439 g/mol. The summed E-state index contributed by atoms with van der Waals surface area (Å²) in [6.07, 6.45) is 5.71. The molecule has 0 saturated carbocycles. The van der Waals surface area contributed by atoms with Gasteiger partial charge in [-0.3, -0.25) is 14.5 Å². The molecule has 1 aliphatic heterocycles. The molecule has 2 aromatic heterocycles. The van der Waals surface area contributed by atoms with Crippen LogP contribution in [-0.4, -0.2) is 52.4 Å². The fourth-order valence-electron chi connectivity index (χ4n) is 4.01. The number of amides is 2. The average molecular weight is 440 g/mol. The highest BCUT2D eigenvalue weighted by molar-refractivity contribution is 6.30. The summed E-state index contributed by atoms with van der Waals surface area (Å²) in [5, 5.41) is 7.50. The maximum Gasteiger partial charge on any atom is 0.243 e. The van der Waals surface area contributed by atoms with E-state index in [0.717, 1.165) is 41.5 Å². The Labute approximate surface area is 186 Å². The van der Waals surface area contributed by atoms with Gasteiger partial charge < -0.3 is 15.6 Å². The second kappa shape index (κ2) is 9.49. The zero-order valence-electron chi connectivity index (χ0n) is 17.4. The van der Waals surface area contributed by atoms with Crippen LogP contribution in [0.3, 0.4) is 0 Å². The van der Waals surface area contributed by atoms with Crippen molar-refractivity contribution in [2.75, 3.05) is 13.6 Å². The SMILES string of the molecule is CN1CCCC1C(=O)N[C@@H](Cc1cccc(Cl)c1)C(=O)NCc1cnc2[nH]ccc2c1. The summed E-state index contributed by atoms with van der Waals surface area (Å²) in [7, 11) is 1.94. The third kappa shape index (κ3) is 5.24. The zero-order chi connectivity index (χ0) is 21.8. The van der Waals surface area contributed by atoms with Crippen LogP contribution in [0.2, 0.25) is 5.02 Å². The van der Waals surface area contributed by atoms with Crippen molar-refractivity contribution in [3.8, 4) is 0 Å². The molecule has 0 aliphatic carbocycles. The largest absolute Gasteiger partial charge is 0.350 e. The van der Waals surface area contributed by atoms with Gasteiger partial charge in [-0.15, -0.1) is 0 Å². The number of benzene rings is 1. The van der Waals surface area contributed by atoms with E-state index in [-0.39, 0.29) is 17.9 Å². The van der Waals surface area contributed by atoms with E-state index in [1.807, 2.05) is 48.5 Å². The van der Waals surface area contributed by atoms with Crippen molar-refractivity contribution in [2.45, 2.75) is 37.9 Å². The lowest BCUT2D eigenvalue weighted by molar-refractivity contribution is -0.131. The Morgan fingerprint density at radius 2 is 2.16 bits per heavy atom. The molecule has 2 atom stereocenters. The summed E-state index contributed by atoms with van der Waals surface area (Å²) >= 11 is 6.11. The molecule has 162 valence electrons. The second-order valence-corrected chi connectivity index (χ2v) is 8.45. The number of H-pyrrole nitrogens is 1. The summed E-state index contributed by atoms with van der Waals surface area (Å²) in [4.78, 5) is 35.3. The second-order valence-electron chi connectivity index (χ2n) is 8.01. The molecule has 3 aromatic rings. The quantitative estimate of drug-likeness (QED) is 0.528. The number of carbonyl (C=O) groups excluding carboxylic acids is 2. The number of nitrogens with zero attached hydrogens (tertiary/aromatic N) is 2. The minimum absolute atomic E-state index is 0.113. The molecule has 7 nitrogen and oxygen atoms in total. The molecule has 8 heteroatoms. The molecule has 4 rings (SSSR count). The number of likely N-dealkylation sites (tertiary alicyclic amines) is 1. The maximum atomic E-state index is 13.1. The van der Waals surface area contributed by atoms with Crippen LogP contribution < -0.4 is 10.6 Å². The van der Waals surface area contributed by atoms with Gasteiger partial charge in [0.05, 0.1) is 6.04 Å². The first-order chi connectivity index (χ1) is 15.0. The van der Waals surface area contributed by atoms with Gasteiger partial charge in [0.25, 0.3) is 0 Å². The number of hydrogen-bond donors (Lipinski definition) is 3. The number of pyridine rings is 1. The van der Waals surface area contributed by atoms with Gasteiger partial charge >= 0.3 is 0 Å². The van der Waals surface area contributed by atoms with Gasteiger partial charge in [0.2, 0.25) is 11.8 Å². The Kier molecular flexibility index (Phi) is 6.53. The van der Waals surface area contributed by atoms with Crippen molar-refractivity contribution >= 4 is 34.4 Å². The zero-order valence-corrected chi connectivity index (χ0v) is 18.2. The number of rotatable bonds is 7. The highest BCUT2D eigenvalue weighted by Crippen LogP contribution is 2.17. The summed E-state index contributed by atoms with van der Waals surface area (Å²) in [5.41, 5.74) is 2.59. The molecule has 2 amide bonds. The van der Waals surface area contributed by atoms with Gasteiger partial charge in [-0.05, 0) is 61.8 Å². The van der Waals surface area contributed by atoms with Crippen LogP contribution in [0.15, 0.2) is 48.8 Å². The lowest BCUT2D eigenvalue weighted by Gasteiger charge is -2.24. The average Bonchev–Trinajstić information content (AvgIpc) is 3.39. The number of fused-ring (bicyclic) bond motifs is 1. The first kappa shape index (κ1) is 21.3. The van der Waals surface area contributed by atoms with E-state index in [1.54, 1.807) is 12.3 Å². The van der Waals surface area contributed by atoms with Crippen LogP contribution in [0.25, 0.3) is 11.0 Å². The summed E-state index contributed by atoms with van der Waals surface area (Å²) in [5.74, 6) is -0.347. The first-order valence-electron chi connectivity index (χ1n) is 10.4. The summed E-state index contributed by atoms with van der Waals surface area (Å²) < 4.78 is 0. The molecule has 3 heterocycles.